The van der Waals surface area contributed by atoms with Crippen LogP contribution in [0.5, 0.6) is 0 Å². The van der Waals surface area contributed by atoms with E-state index in [-0.39, 0.29) is 36.4 Å². The van der Waals surface area contributed by atoms with Gasteiger partial charge in [-0.1, -0.05) is 12.8 Å². The lowest BCUT2D eigenvalue weighted by Gasteiger charge is -2.26. The van der Waals surface area contributed by atoms with Crippen LogP contribution in [-0.4, -0.2) is 54.1 Å². The Labute approximate surface area is 135 Å². The fourth-order valence-corrected chi connectivity index (χ4v) is 4.68. The van der Waals surface area contributed by atoms with Gasteiger partial charge in [0, 0.05) is 26.2 Å². The molecule has 7 heteroatoms. The number of fused-ring (bicyclic) bond motifs is 1. The summed E-state index contributed by atoms with van der Waals surface area (Å²) >= 11 is 0. The second-order valence-corrected chi connectivity index (χ2v) is 7.14. The van der Waals surface area contributed by atoms with Crippen molar-refractivity contribution in [3.63, 3.8) is 0 Å². The highest BCUT2D eigenvalue weighted by Crippen LogP contribution is 2.48. The SMILES string of the molecule is CNC(=O)C1CCCC1NC(=O)N1C[C@@H]2CCC[C@@]2(C(=O)O)C1. The first-order valence-electron chi connectivity index (χ1n) is 8.48. The van der Waals surface area contributed by atoms with Crippen molar-refractivity contribution < 1.29 is 19.5 Å². The van der Waals surface area contributed by atoms with Gasteiger partial charge in [0.15, 0.2) is 0 Å². The second-order valence-electron chi connectivity index (χ2n) is 7.14. The van der Waals surface area contributed by atoms with Crippen molar-refractivity contribution in [2.24, 2.45) is 17.3 Å². The number of carbonyl (C=O) groups is 3. The molecule has 3 rings (SSSR count). The first kappa shape index (κ1) is 16.1. The highest BCUT2D eigenvalue weighted by atomic mass is 16.4. The van der Waals surface area contributed by atoms with E-state index < -0.39 is 11.4 Å². The Hall–Kier alpha value is -1.79. The summed E-state index contributed by atoms with van der Waals surface area (Å²) in [6.07, 6.45) is 4.96. The number of likely N-dealkylation sites (tertiary alicyclic amines) is 1. The molecular weight excluding hydrogens is 298 g/mol. The molecule has 3 amide bonds. The molecule has 0 radical (unpaired) electrons. The number of carboxylic acids is 1. The third-order valence-corrected chi connectivity index (χ3v) is 5.99. The van der Waals surface area contributed by atoms with Gasteiger partial charge in [0.1, 0.15) is 0 Å². The number of nitrogens with zero attached hydrogens (tertiary/aromatic N) is 1. The van der Waals surface area contributed by atoms with Crippen molar-refractivity contribution in [2.75, 3.05) is 20.1 Å². The lowest BCUT2D eigenvalue weighted by atomic mass is 9.81. The van der Waals surface area contributed by atoms with Crippen LogP contribution in [0.25, 0.3) is 0 Å². The maximum atomic E-state index is 12.5. The normalized spacial score (nSPS) is 35.9. The van der Waals surface area contributed by atoms with E-state index >= 15 is 0 Å². The Bertz CT molecular complexity index is 523. The summed E-state index contributed by atoms with van der Waals surface area (Å²) in [7, 11) is 1.61. The number of urea groups is 1. The van der Waals surface area contributed by atoms with Gasteiger partial charge in [-0.05, 0) is 31.6 Å². The summed E-state index contributed by atoms with van der Waals surface area (Å²) in [5, 5.41) is 15.2. The van der Waals surface area contributed by atoms with Crippen molar-refractivity contribution in [1.82, 2.24) is 15.5 Å². The molecule has 2 unspecified atom stereocenters. The Kier molecular flexibility index (Phi) is 4.21. The lowest BCUT2D eigenvalue weighted by Crippen LogP contribution is -2.49. The van der Waals surface area contributed by atoms with Crippen LogP contribution in [0.15, 0.2) is 0 Å². The highest BCUT2D eigenvalue weighted by molar-refractivity contribution is 5.83. The largest absolute Gasteiger partial charge is 0.481 e. The van der Waals surface area contributed by atoms with E-state index in [2.05, 4.69) is 10.6 Å². The Morgan fingerprint density at radius 1 is 1.17 bits per heavy atom. The number of nitrogens with one attached hydrogen (secondary N) is 2. The first-order chi connectivity index (χ1) is 11.0. The number of hydrogen-bond donors (Lipinski definition) is 3. The Morgan fingerprint density at radius 2 is 1.96 bits per heavy atom. The van der Waals surface area contributed by atoms with Gasteiger partial charge in [-0.2, -0.15) is 0 Å². The van der Waals surface area contributed by atoms with Gasteiger partial charge in [0.05, 0.1) is 11.3 Å². The number of aliphatic carboxylic acids is 1. The minimum atomic E-state index is -0.778. The third-order valence-electron chi connectivity index (χ3n) is 5.99. The van der Waals surface area contributed by atoms with Crippen LogP contribution >= 0.6 is 0 Å². The molecule has 4 atom stereocenters. The van der Waals surface area contributed by atoms with Gasteiger partial charge >= 0.3 is 12.0 Å². The fourth-order valence-electron chi connectivity index (χ4n) is 4.68. The Morgan fingerprint density at radius 3 is 2.61 bits per heavy atom. The molecule has 0 aromatic heterocycles. The van der Waals surface area contributed by atoms with Gasteiger partial charge in [-0.25, -0.2) is 4.79 Å². The first-order valence-corrected chi connectivity index (χ1v) is 8.48. The predicted octanol–water partition coefficient (Wildman–Crippen LogP) is 0.797. The van der Waals surface area contributed by atoms with Crippen LogP contribution in [0, 0.1) is 17.3 Å². The fraction of sp³-hybridized carbons (Fsp3) is 0.812. The zero-order valence-electron chi connectivity index (χ0n) is 13.5. The van der Waals surface area contributed by atoms with Crippen LogP contribution in [0.3, 0.4) is 0 Å². The topological polar surface area (TPSA) is 98.7 Å². The van der Waals surface area contributed by atoms with Crippen LogP contribution < -0.4 is 10.6 Å². The van der Waals surface area contributed by atoms with E-state index in [9.17, 15) is 19.5 Å². The molecule has 128 valence electrons. The quantitative estimate of drug-likeness (QED) is 0.715. The van der Waals surface area contributed by atoms with E-state index in [4.69, 9.17) is 0 Å². The van der Waals surface area contributed by atoms with Gasteiger partial charge in [0.2, 0.25) is 5.91 Å². The monoisotopic (exact) mass is 323 g/mol. The van der Waals surface area contributed by atoms with E-state index in [1.807, 2.05) is 0 Å². The molecule has 0 aromatic carbocycles. The van der Waals surface area contributed by atoms with Gasteiger partial charge < -0.3 is 20.6 Å². The average molecular weight is 323 g/mol. The zero-order valence-corrected chi connectivity index (χ0v) is 13.5. The molecule has 7 nitrogen and oxygen atoms in total. The molecule has 1 saturated heterocycles. The summed E-state index contributed by atoms with van der Waals surface area (Å²) in [5.41, 5.74) is -0.757. The number of amides is 3. The zero-order chi connectivity index (χ0) is 16.6. The molecule has 2 saturated carbocycles. The number of carbonyl (C=O) groups excluding carboxylic acids is 2. The van der Waals surface area contributed by atoms with E-state index in [1.54, 1.807) is 11.9 Å². The molecule has 23 heavy (non-hydrogen) atoms. The molecule has 1 aliphatic heterocycles. The lowest BCUT2D eigenvalue weighted by molar-refractivity contribution is -0.149. The molecule has 3 fully saturated rings. The van der Waals surface area contributed by atoms with E-state index in [0.717, 1.165) is 32.1 Å². The molecule has 3 N–H and O–H groups in total. The summed E-state index contributed by atoms with van der Waals surface area (Å²) in [6.45, 7) is 0.797. The highest BCUT2D eigenvalue weighted by Gasteiger charge is 2.56. The Balaban J connectivity index is 1.64. The van der Waals surface area contributed by atoms with E-state index in [1.165, 1.54) is 0 Å². The minimum Gasteiger partial charge on any atom is -0.481 e. The van der Waals surface area contributed by atoms with Crippen molar-refractivity contribution >= 4 is 17.9 Å². The summed E-state index contributed by atoms with van der Waals surface area (Å²) in [5.74, 6) is -0.934. The second kappa shape index (κ2) is 6.02. The average Bonchev–Trinajstić information content (AvgIpc) is 3.19. The summed E-state index contributed by atoms with van der Waals surface area (Å²) < 4.78 is 0. The maximum absolute atomic E-state index is 12.5. The maximum Gasteiger partial charge on any atom is 0.317 e. The van der Waals surface area contributed by atoms with Crippen LogP contribution in [-0.2, 0) is 9.59 Å². The molecule has 3 aliphatic rings. The standard InChI is InChI=1S/C16H25N3O4/c1-17-13(20)11-5-2-6-12(11)18-15(23)19-8-10-4-3-7-16(10,9-19)14(21)22/h10-12H,2-9H2,1H3,(H,17,20)(H,18,23)(H,21,22)/t10-,11?,12?,16+/m0/s1. The van der Waals surface area contributed by atoms with Gasteiger partial charge in [-0.15, -0.1) is 0 Å². The van der Waals surface area contributed by atoms with Crippen LogP contribution in [0.2, 0.25) is 0 Å². The van der Waals surface area contributed by atoms with Gasteiger partial charge in [-0.3, -0.25) is 9.59 Å². The number of hydrogen-bond acceptors (Lipinski definition) is 3. The van der Waals surface area contributed by atoms with Crippen LogP contribution in [0.1, 0.15) is 38.5 Å². The van der Waals surface area contributed by atoms with Crippen molar-refractivity contribution in [3.05, 3.63) is 0 Å². The summed E-state index contributed by atoms with van der Waals surface area (Å²) in [4.78, 5) is 37.7. The molecule has 0 bridgehead atoms. The predicted molar refractivity (Wildman–Crippen MR) is 82.7 cm³/mol. The molecule has 0 spiro atoms. The van der Waals surface area contributed by atoms with Crippen molar-refractivity contribution in [2.45, 2.75) is 44.6 Å². The van der Waals surface area contributed by atoms with Crippen molar-refractivity contribution in [1.29, 1.82) is 0 Å². The smallest absolute Gasteiger partial charge is 0.317 e. The van der Waals surface area contributed by atoms with E-state index in [0.29, 0.717) is 13.0 Å². The molecular formula is C16H25N3O4. The summed E-state index contributed by atoms with van der Waals surface area (Å²) in [6, 6.07) is -0.371. The van der Waals surface area contributed by atoms with Crippen molar-refractivity contribution in [3.8, 4) is 0 Å². The molecule has 1 heterocycles. The molecule has 2 aliphatic carbocycles. The van der Waals surface area contributed by atoms with Gasteiger partial charge in [0.25, 0.3) is 0 Å². The minimum absolute atomic E-state index is 0.0342. The number of rotatable bonds is 3. The number of carboxylic acid groups (broad SMARTS) is 1. The third kappa shape index (κ3) is 2.66. The molecule has 0 aromatic rings. The van der Waals surface area contributed by atoms with Crippen LogP contribution in [0.4, 0.5) is 4.79 Å².